The molecule has 0 aliphatic carbocycles. The van der Waals surface area contributed by atoms with Crippen molar-refractivity contribution in [3.8, 4) is 5.88 Å². The highest BCUT2D eigenvalue weighted by molar-refractivity contribution is 5.91. The zero-order valence-corrected chi connectivity index (χ0v) is 23.9. The minimum absolute atomic E-state index is 0.0682. The molecule has 40 heavy (non-hydrogen) atoms. The average molecular weight is 541 g/mol. The number of pyridine rings is 1. The Bertz CT molecular complexity index is 1100. The maximum absolute atomic E-state index is 12.2. The summed E-state index contributed by atoms with van der Waals surface area (Å²) in [6, 6.07) is 25.8. The molecule has 6 heteroatoms. The van der Waals surface area contributed by atoms with Crippen molar-refractivity contribution < 1.29 is 9.53 Å². The number of carbonyl (C=O) groups is 1. The molecule has 2 heterocycles. The zero-order chi connectivity index (χ0) is 27.8. The minimum atomic E-state index is -0.0682. The molecule has 0 unspecified atom stereocenters. The summed E-state index contributed by atoms with van der Waals surface area (Å²) in [5.41, 5.74) is 3.59. The number of benzene rings is 2. The van der Waals surface area contributed by atoms with Crippen molar-refractivity contribution >= 4 is 12.0 Å². The second-order valence-electron chi connectivity index (χ2n) is 10.4. The number of nitrogens with zero attached hydrogens (tertiary/aromatic N) is 3. The summed E-state index contributed by atoms with van der Waals surface area (Å²) in [6.45, 7) is 8.87. The number of hydrogen-bond donors (Lipinski definition) is 1. The summed E-state index contributed by atoms with van der Waals surface area (Å²) in [6.07, 6.45) is 10.5. The molecule has 0 radical (unpaired) electrons. The molecule has 1 fully saturated rings. The van der Waals surface area contributed by atoms with Gasteiger partial charge in [-0.3, -0.25) is 9.69 Å². The topological polar surface area (TPSA) is 57.7 Å². The highest BCUT2D eigenvalue weighted by Gasteiger charge is 2.26. The molecule has 1 N–H and O–H groups in total. The third-order valence-electron chi connectivity index (χ3n) is 7.39. The lowest BCUT2D eigenvalue weighted by Crippen LogP contribution is -2.48. The molecular formula is C34H44N4O2. The molecule has 0 atom stereocenters. The highest BCUT2D eigenvalue weighted by atomic mass is 16.5. The number of aromatic nitrogens is 1. The van der Waals surface area contributed by atoms with Gasteiger partial charge in [0, 0.05) is 51.1 Å². The van der Waals surface area contributed by atoms with Crippen molar-refractivity contribution in [2.45, 2.75) is 45.1 Å². The van der Waals surface area contributed by atoms with Crippen LogP contribution >= 0.6 is 0 Å². The first-order valence-corrected chi connectivity index (χ1v) is 14.8. The van der Waals surface area contributed by atoms with Gasteiger partial charge in [0.1, 0.15) is 0 Å². The van der Waals surface area contributed by atoms with E-state index in [9.17, 15) is 4.79 Å². The number of carbonyl (C=O) groups excluding carboxylic acids is 1. The Labute approximate surface area is 240 Å². The molecule has 1 amide bonds. The quantitative estimate of drug-likeness (QED) is 0.190. The van der Waals surface area contributed by atoms with E-state index in [1.165, 1.54) is 17.5 Å². The summed E-state index contributed by atoms with van der Waals surface area (Å²) in [4.78, 5) is 21.7. The van der Waals surface area contributed by atoms with Gasteiger partial charge in [0.05, 0.1) is 12.6 Å². The van der Waals surface area contributed by atoms with Crippen LogP contribution in [0, 0.1) is 0 Å². The number of rotatable bonds is 15. The van der Waals surface area contributed by atoms with Crippen LogP contribution in [0.5, 0.6) is 5.88 Å². The molecule has 6 nitrogen and oxygen atoms in total. The second-order valence-corrected chi connectivity index (χ2v) is 10.4. The van der Waals surface area contributed by atoms with Gasteiger partial charge in [0.25, 0.3) is 0 Å². The maximum atomic E-state index is 12.2. The van der Waals surface area contributed by atoms with Crippen molar-refractivity contribution in [1.82, 2.24) is 20.1 Å². The van der Waals surface area contributed by atoms with Crippen molar-refractivity contribution in [2.75, 3.05) is 45.9 Å². The molecule has 1 aliphatic rings. The summed E-state index contributed by atoms with van der Waals surface area (Å²) >= 11 is 0. The van der Waals surface area contributed by atoms with E-state index in [4.69, 9.17) is 4.74 Å². The highest BCUT2D eigenvalue weighted by Crippen LogP contribution is 2.29. The van der Waals surface area contributed by atoms with E-state index in [0.717, 1.165) is 64.0 Å². The molecule has 1 aromatic heterocycles. The monoisotopic (exact) mass is 540 g/mol. The fraction of sp³-hybridized carbons (Fsp3) is 0.412. The first-order chi connectivity index (χ1) is 19.7. The van der Waals surface area contributed by atoms with Gasteiger partial charge in [0.15, 0.2) is 0 Å². The first-order valence-electron chi connectivity index (χ1n) is 14.8. The van der Waals surface area contributed by atoms with E-state index in [1.807, 2.05) is 12.1 Å². The number of ether oxygens (including phenoxy) is 1. The Morgan fingerprint density at radius 2 is 1.60 bits per heavy atom. The minimum Gasteiger partial charge on any atom is -0.478 e. The Balaban J connectivity index is 1.12. The molecule has 4 rings (SSSR count). The Kier molecular flexibility index (Phi) is 12.2. The number of piperazine rings is 1. The molecule has 0 saturated carbocycles. The van der Waals surface area contributed by atoms with E-state index >= 15 is 0 Å². The van der Waals surface area contributed by atoms with Crippen LogP contribution in [0.25, 0.3) is 6.08 Å². The third-order valence-corrected chi connectivity index (χ3v) is 7.39. The van der Waals surface area contributed by atoms with E-state index in [2.05, 4.69) is 87.7 Å². The van der Waals surface area contributed by atoms with Gasteiger partial charge < -0.3 is 15.0 Å². The number of nitrogens with one attached hydrogen (secondary N) is 1. The zero-order valence-electron chi connectivity index (χ0n) is 23.9. The SMILES string of the molecule is CCCCCOc1ccc(/C=C/C(=O)NCCCCN2CCN(C(c3ccccc3)c3ccccc3)CC2)cn1. The Morgan fingerprint density at radius 1 is 0.900 bits per heavy atom. The van der Waals surface area contributed by atoms with Gasteiger partial charge in [-0.2, -0.15) is 0 Å². The van der Waals surface area contributed by atoms with Gasteiger partial charge >= 0.3 is 0 Å². The molecular weight excluding hydrogens is 496 g/mol. The van der Waals surface area contributed by atoms with Crippen LogP contribution in [-0.4, -0.2) is 66.6 Å². The van der Waals surface area contributed by atoms with Crippen LogP contribution in [0.3, 0.4) is 0 Å². The molecule has 0 spiro atoms. The van der Waals surface area contributed by atoms with Crippen molar-refractivity contribution in [3.63, 3.8) is 0 Å². The van der Waals surface area contributed by atoms with Crippen molar-refractivity contribution in [2.24, 2.45) is 0 Å². The van der Waals surface area contributed by atoms with Crippen LogP contribution < -0.4 is 10.1 Å². The Morgan fingerprint density at radius 3 is 2.23 bits per heavy atom. The fourth-order valence-corrected chi connectivity index (χ4v) is 5.14. The van der Waals surface area contributed by atoms with Crippen LogP contribution in [-0.2, 0) is 4.79 Å². The molecule has 1 saturated heterocycles. The van der Waals surface area contributed by atoms with E-state index < -0.39 is 0 Å². The summed E-state index contributed by atoms with van der Waals surface area (Å²) < 4.78 is 5.64. The smallest absolute Gasteiger partial charge is 0.243 e. The molecule has 3 aromatic rings. The predicted octanol–water partition coefficient (Wildman–Crippen LogP) is 5.97. The van der Waals surface area contributed by atoms with Crippen LogP contribution in [0.15, 0.2) is 85.1 Å². The lowest BCUT2D eigenvalue weighted by molar-refractivity contribution is -0.116. The number of hydrogen-bond acceptors (Lipinski definition) is 5. The number of amides is 1. The first kappa shape index (κ1) is 29.5. The lowest BCUT2D eigenvalue weighted by Gasteiger charge is -2.39. The van der Waals surface area contributed by atoms with Gasteiger partial charge in [-0.25, -0.2) is 4.98 Å². The van der Waals surface area contributed by atoms with E-state index in [-0.39, 0.29) is 5.91 Å². The third kappa shape index (κ3) is 9.61. The fourth-order valence-electron chi connectivity index (χ4n) is 5.14. The van der Waals surface area contributed by atoms with Crippen LogP contribution in [0.1, 0.15) is 61.8 Å². The van der Waals surface area contributed by atoms with E-state index in [1.54, 1.807) is 18.3 Å². The maximum Gasteiger partial charge on any atom is 0.243 e. The van der Waals surface area contributed by atoms with Crippen LogP contribution in [0.4, 0.5) is 0 Å². The molecule has 212 valence electrons. The second kappa shape index (κ2) is 16.6. The summed E-state index contributed by atoms with van der Waals surface area (Å²) in [7, 11) is 0. The van der Waals surface area contributed by atoms with Gasteiger partial charge in [-0.05, 0) is 54.6 Å². The summed E-state index contributed by atoms with van der Waals surface area (Å²) in [5, 5.41) is 3.00. The summed E-state index contributed by atoms with van der Waals surface area (Å²) in [5.74, 6) is 0.563. The van der Waals surface area contributed by atoms with E-state index in [0.29, 0.717) is 25.1 Å². The van der Waals surface area contributed by atoms with Crippen molar-refractivity contribution in [3.05, 3.63) is 102 Å². The largest absolute Gasteiger partial charge is 0.478 e. The van der Waals surface area contributed by atoms with Crippen LogP contribution in [0.2, 0.25) is 0 Å². The lowest BCUT2D eigenvalue weighted by atomic mass is 9.96. The normalized spacial score (nSPS) is 14.6. The predicted molar refractivity (Wildman–Crippen MR) is 163 cm³/mol. The molecule has 1 aliphatic heterocycles. The average Bonchev–Trinajstić information content (AvgIpc) is 3.01. The number of unbranched alkanes of at least 4 members (excludes halogenated alkanes) is 3. The standard InChI is InChI=1S/C34H44N4O2/c1-2-3-12-27-40-33-20-18-29(28-36-33)17-19-32(39)35-21-10-11-22-37-23-25-38(26-24-37)34(30-13-6-4-7-14-30)31-15-8-5-9-16-31/h4-9,13-20,28,34H,2-3,10-12,21-27H2,1H3,(H,35,39)/b19-17+. The Hall–Kier alpha value is -3.48. The van der Waals surface area contributed by atoms with Gasteiger partial charge in [-0.1, -0.05) is 80.4 Å². The molecule has 2 aromatic carbocycles. The van der Waals surface area contributed by atoms with Gasteiger partial charge in [0.2, 0.25) is 11.8 Å². The van der Waals surface area contributed by atoms with Gasteiger partial charge in [-0.15, -0.1) is 0 Å². The molecule has 0 bridgehead atoms. The van der Waals surface area contributed by atoms with Crippen molar-refractivity contribution in [1.29, 1.82) is 0 Å².